The number of hydrogen-bond acceptors (Lipinski definition) is 3. The van der Waals surface area contributed by atoms with Gasteiger partial charge in [0.2, 0.25) is 0 Å². The van der Waals surface area contributed by atoms with E-state index in [1.54, 1.807) is 18.3 Å². The highest BCUT2D eigenvalue weighted by Crippen LogP contribution is 2.19. The summed E-state index contributed by atoms with van der Waals surface area (Å²) in [6, 6.07) is 13.5. The molecule has 3 rings (SSSR count). The Balaban J connectivity index is 1.82. The van der Waals surface area contributed by atoms with Crippen molar-refractivity contribution in [1.29, 1.82) is 5.26 Å². The number of benzene rings is 2. The number of nitrogens with one attached hydrogen (secondary N) is 2. The SMILES string of the molecule is N#CC(=Cc1ccccc1F)C(=O)N[C@@H](Cc1c[nH]c2ccccc12)C(=O)O. The number of para-hydroxylation sites is 1. The summed E-state index contributed by atoms with van der Waals surface area (Å²) in [5, 5.41) is 21.9. The third kappa shape index (κ3) is 4.07. The van der Waals surface area contributed by atoms with Gasteiger partial charge in [-0.3, -0.25) is 4.79 Å². The molecule has 0 saturated carbocycles. The van der Waals surface area contributed by atoms with Crippen molar-refractivity contribution in [2.75, 3.05) is 0 Å². The van der Waals surface area contributed by atoms with Crippen LogP contribution >= 0.6 is 0 Å². The predicted octanol–water partition coefficient (Wildman–Crippen LogP) is 3.03. The highest BCUT2D eigenvalue weighted by atomic mass is 19.1. The second-order valence-electron chi connectivity index (χ2n) is 6.12. The molecule has 1 aromatic heterocycles. The molecule has 1 amide bonds. The summed E-state index contributed by atoms with van der Waals surface area (Å²) in [6.07, 6.45) is 2.81. The van der Waals surface area contributed by atoms with Crippen molar-refractivity contribution in [3.63, 3.8) is 0 Å². The van der Waals surface area contributed by atoms with Gasteiger partial charge in [-0.15, -0.1) is 0 Å². The Morgan fingerprint density at radius 3 is 2.64 bits per heavy atom. The molecule has 0 aliphatic rings. The number of carboxylic acids is 1. The first-order valence-electron chi connectivity index (χ1n) is 8.44. The number of carbonyl (C=O) groups is 2. The minimum Gasteiger partial charge on any atom is -0.480 e. The number of amides is 1. The van der Waals surface area contributed by atoms with E-state index >= 15 is 0 Å². The van der Waals surface area contributed by atoms with Crippen LogP contribution in [-0.4, -0.2) is 28.0 Å². The van der Waals surface area contributed by atoms with Crippen LogP contribution in [0.5, 0.6) is 0 Å². The van der Waals surface area contributed by atoms with E-state index in [-0.39, 0.29) is 17.6 Å². The van der Waals surface area contributed by atoms with Crippen LogP contribution in [0.4, 0.5) is 4.39 Å². The fraction of sp³-hybridized carbons (Fsp3) is 0.0952. The van der Waals surface area contributed by atoms with Crippen molar-refractivity contribution < 1.29 is 19.1 Å². The number of carboxylic acid groups (broad SMARTS) is 1. The maximum Gasteiger partial charge on any atom is 0.326 e. The lowest BCUT2D eigenvalue weighted by Crippen LogP contribution is -2.42. The Kier molecular flexibility index (Phi) is 5.51. The van der Waals surface area contributed by atoms with E-state index < -0.39 is 23.7 Å². The van der Waals surface area contributed by atoms with E-state index in [2.05, 4.69) is 10.3 Å². The third-order valence-electron chi connectivity index (χ3n) is 4.27. The summed E-state index contributed by atoms with van der Waals surface area (Å²) < 4.78 is 13.8. The second kappa shape index (κ2) is 8.18. The number of aromatic nitrogens is 1. The number of nitriles is 1. The first kappa shape index (κ1) is 18.9. The number of H-pyrrole nitrogens is 1. The molecule has 28 heavy (non-hydrogen) atoms. The van der Waals surface area contributed by atoms with Crippen LogP contribution in [0.25, 0.3) is 17.0 Å². The number of fused-ring (bicyclic) bond motifs is 1. The van der Waals surface area contributed by atoms with E-state index in [0.29, 0.717) is 0 Å². The largest absolute Gasteiger partial charge is 0.480 e. The quantitative estimate of drug-likeness (QED) is 0.453. The molecule has 0 spiro atoms. The molecule has 0 saturated heterocycles. The molecule has 2 aromatic carbocycles. The molecular formula is C21H16FN3O3. The number of carbonyl (C=O) groups excluding carboxylic acids is 1. The van der Waals surface area contributed by atoms with E-state index in [1.165, 1.54) is 18.2 Å². The molecule has 1 heterocycles. The highest BCUT2D eigenvalue weighted by molar-refractivity contribution is 6.03. The van der Waals surface area contributed by atoms with Crippen molar-refractivity contribution in [3.8, 4) is 6.07 Å². The van der Waals surface area contributed by atoms with E-state index in [9.17, 15) is 24.3 Å². The molecule has 0 fully saturated rings. The topological polar surface area (TPSA) is 106 Å². The van der Waals surface area contributed by atoms with E-state index in [0.717, 1.165) is 22.5 Å². The number of aliphatic carboxylic acids is 1. The summed E-state index contributed by atoms with van der Waals surface area (Å²) in [5.41, 5.74) is 1.26. The smallest absolute Gasteiger partial charge is 0.326 e. The number of nitrogens with zero attached hydrogens (tertiary/aromatic N) is 1. The van der Waals surface area contributed by atoms with Crippen LogP contribution in [-0.2, 0) is 16.0 Å². The Morgan fingerprint density at radius 1 is 1.21 bits per heavy atom. The average molecular weight is 377 g/mol. The third-order valence-corrected chi connectivity index (χ3v) is 4.27. The zero-order valence-corrected chi connectivity index (χ0v) is 14.6. The Morgan fingerprint density at radius 2 is 1.93 bits per heavy atom. The molecule has 0 radical (unpaired) electrons. The van der Waals surface area contributed by atoms with Crippen LogP contribution in [0.2, 0.25) is 0 Å². The van der Waals surface area contributed by atoms with Gasteiger partial charge in [0.15, 0.2) is 0 Å². The summed E-state index contributed by atoms with van der Waals surface area (Å²) in [4.78, 5) is 27.1. The molecule has 0 aliphatic heterocycles. The molecular weight excluding hydrogens is 361 g/mol. The molecule has 140 valence electrons. The maximum atomic E-state index is 13.8. The monoisotopic (exact) mass is 377 g/mol. The molecule has 3 N–H and O–H groups in total. The highest BCUT2D eigenvalue weighted by Gasteiger charge is 2.23. The van der Waals surface area contributed by atoms with Gasteiger partial charge < -0.3 is 15.4 Å². The van der Waals surface area contributed by atoms with Gasteiger partial charge in [0.1, 0.15) is 23.5 Å². The van der Waals surface area contributed by atoms with Crippen LogP contribution in [0.3, 0.4) is 0 Å². The Bertz CT molecular complexity index is 1110. The van der Waals surface area contributed by atoms with Gasteiger partial charge in [-0.1, -0.05) is 36.4 Å². The summed E-state index contributed by atoms with van der Waals surface area (Å²) in [5.74, 6) is -2.70. The lowest BCUT2D eigenvalue weighted by molar-refractivity contribution is -0.141. The average Bonchev–Trinajstić information content (AvgIpc) is 3.09. The lowest BCUT2D eigenvalue weighted by atomic mass is 10.0. The van der Waals surface area contributed by atoms with Gasteiger partial charge in [0.25, 0.3) is 5.91 Å². The van der Waals surface area contributed by atoms with Gasteiger partial charge in [-0.2, -0.15) is 5.26 Å². The maximum absolute atomic E-state index is 13.8. The Labute approximate surface area is 159 Å². The van der Waals surface area contributed by atoms with Crippen LogP contribution in [0, 0.1) is 17.1 Å². The zero-order valence-electron chi connectivity index (χ0n) is 14.6. The van der Waals surface area contributed by atoms with Crippen LogP contribution < -0.4 is 5.32 Å². The first-order valence-corrected chi connectivity index (χ1v) is 8.44. The number of aromatic amines is 1. The van der Waals surface area contributed by atoms with Gasteiger partial charge >= 0.3 is 5.97 Å². The zero-order chi connectivity index (χ0) is 20.1. The van der Waals surface area contributed by atoms with Crippen molar-refractivity contribution in [2.24, 2.45) is 0 Å². The fourth-order valence-electron chi connectivity index (χ4n) is 2.85. The van der Waals surface area contributed by atoms with Crippen molar-refractivity contribution in [3.05, 3.63) is 77.2 Å². The van der Waals surface area contributed by atoms with Gasteiger partial charge in [-0.25, -0.2) is 9.18 Å². The second-order valence-corrected chi connectivity index (χ2v) is 6.12. The lowest BCUT2D eigenvalue weighted by Gasteiger charge is -2.14. The normalized spacial score (nSPS) is 12.4. The molecule has 1 atom stereocenters. The summed E-state index contributed by atoms with van der Waals surface area (Å²) in [6.45, 7) is 0. The molecule has 7 heteroatoms. The van der Waals surface area contributed by atoms with Gasteiger partial charge in [0.05, 0.1) is 0 Å². The van der Waals surface area contributed by atoms with Crippen molar-refractivity contribution >= 4 is 28.9 Å². The van der Waals surface area contributed by atoms with Gasteiger partial charge in [0, 0.05) is 29.1 Å². The molecule has 3 aromatic rings. The van der Waals surface area contributed by atoms with Crippen LogP contribution in [0.15, 0.2) is 60.3 Å². The van der Waals surface area contributed by atoms with Crippen molar-refractivity contribution in [1.82, 2.24) is 10.3 Å². The summed E-state index contributed by atoms with van der Waals surface area (Å²) in [7, 11) is 0. The fourth-order valence-corrected chi connectivity index (χ4v) is 2.85. The minimum absolute atomic E-state index is 0.0312. The van der Waals surface area contributed by atoms with Crippen molar-refractivity contribution in [2.45, 2.75) is 12.5 Å². The first-order chi connectivity index (χ1) is 13.5. The molecule has 0 bridgehead atoms. The number of halogens is 1. The van der Waals surface area contributed by atoms with E-state index in [1.807, 2.05) is 24.3 Å². The number of hydrogen-bond donors (Lipinski definition) is 3. The van der Waals surface area contributed by atoms with Crippen LogP contribution in [0.1, 0.15) is 11.1 Å². The predicted molar refractivity (Wildman–Crippen MR) is 102 cm³/mol. The standard InChI is InChI=1S/C21H16FN3O3/c22-17-7-3-1-5-13(17)9-14(11-23)20(26)25-19(21(27)28)10-15-12-24-18-8-4-2-6-16(15)18/h1-9,12,19,24H,10H2,(H,25,26)(H,27,28)/t19-/m0/s1. The molecule has 0 unspecified atom stereocenters. The van der Waals surface area contributed by atoms with Gasteiger partial charge in [-0.05, 0) is 23.8 Å². The van der Waals surface area contributed by atoms with E-state index in [4.69, 9.17) is 0 Å². The Hall–Kier alpha value is -3.92. The molecule has 0 aliphatic carbocycles. The number of rotatable bonds is 6. The minimum atomic E-state index is -1.25. The summed E-state index contributed by atoms with van der Waals surface area (Å²) >= 11 is 0. The molecule has 6 nitrogen and oxygen atoms in total.